The third-order valence-electron chi connectivity index (χ3n) is 15.4. The molecule has 2 heterocycles. The van der Waals surface area contributed by atoms with Crippen LogP contribution in [0.2, 0.25) is 0 Å². The van der Waals surface area contributed by atoms with Gasteiger partial charge in [-0.2, -0.15) is 0 Å². The number of rotatable bonds is 8. The first kappa shape index (κ1) is 46.9. The molecule has 0 fully saturated rings. The third-order valence-corrected chi connectivity index (χ3v) is 15.4. The standard InChI is InChI=1S/C70H68N2/c1-43(2)47-15-19-49(20-16-47)57-42-60(52-25-31-56(32-26-52)72-67-35-27-53(69(7,8)9)39-63(67)64-40-54(70(10,11)12)28-36-68(64)72)58(50-21-17-48(18-22-50)44(3)4)41-59(57)51-23-29-55(30-24-51)71-65-33-13-45(5)37-61(65)62-38-46(6)14-34-66(62)71/h13-44H,1-12H3. The minimum Gasteiger partial charge on any atom is -0.309 e. The topological polar surface area (TPSA) is 9.86 Å². The van der Waals surface area contributed by atoms with Crippen LogP contribution in [0.5, 0.6) is 0 Å². The van der Waals surface area contributed by atoms with Gasteiger partial charge < -0.3 is 9.13 Å². The van der Waals surface area contributed by atoms with Gasteiger partial charge in [0.1, 0.15) is 0 Å². The highest BCUT2D eigenvalue weighted by Gasteiger charge is 2.23. The van der Waals surface area contributed by atoms with Crippen molar-refractivity contribution in [3.63, 3.8) is 0 Å². The summed E-state index contributed by atoms with van der Waals surface area (Å²) in [6.07, 6.45) is 0. The second-order valence-electron chi connectivity index (χ2n) is 23.3. The second kappa shape index (κ2) is 17.7. The van der Waals surface area contributed by atoms with Crippen molar-refractivity contribution >= 4 is 43.6 Å². The molecule has 0 atom stereocenters. The van der Waals surface area contributed by atoms with Gasteiger partial charge in [0.15, 0.2) is 0 Å². The van der Waals surface area contributed by atoms with Gasteiger partial charge in [-0.1, -0.05) is 177 Å². The Morgan fingerprint density at radius 3 is 0.875 bits per heavy atom. The van der Waals surface area contributed by atoms with Gasteiger partial charge in [-0.3, -0.25) is 0 Å². The lowest BCUT2D eigenvalue weighted by atomic mass is 9.85. The van der Waals surface area contributed by atoms with Crippen molar-refractivity contribution in [3.8, 4) is 55.9 Å². The third kappa shape index (κ3) is 8.35. The highest BCUT2D eigenvalue weighted by atomic mass is 15.0. The number of aromatic nitrogens is 2. The van der Waals surface area contributed by atoms with Crippen LogP contribution in [0.1, 0.15) is 114 Å². The fourth-order valence-electron chi connectivity index (χ4n) is 11.0. The van der Waals surface area contributed by atoms with Crippen molar-refractivity contribution in [2.75, 3.05) is 0 Å². The summed E-state index contributed by atoms with van der Waals surface area (Å²) >= 11 is 0. The zero-order valence-electron chi connectivity index (χ0n) is 44.4. The lowest BCUT2D eigenvalue weighted by molar-refractivity contribution is 0.590. The molecule has 11 aromatic rings. The minimum absolute atomic E-state index is 0.0408. The van der Waals surface area contributed by atoms with Gasteiger partial charge in [0.05, 0.1) is 22.1 Å². The van der Waals surface area contributed by atoms with Gasteiger partial charge in [0.2, 0.25) is 0 Å². The maximum atomic E-state index is 2.47. The molecule has 0 N–H and O–H groups in total. The van der Waals surface area contributed by atoms with Gasteiger partial charge in [0.25, 0.3) is 0 Å². The van der Waals surface area contributed by atoms with E-state index in [1.807, 2.05) is 0 Å². The zero-order valence-corrected chi connectivity index (χ0v) is 44.4. The number of hydrogen-bond acceptors (Lipinski definition) is 0. The Kier molecular flexibility index (Phi) is 11.5. The number of nitrogens with zero attached hydrogens (tertiary/aromatic N) is 2. The molecule has 2 aromatic heterocycles. The van der Waals surface area contributed by atoms with Gasteiger partial charge >= 0.3 is 0 Å². The minimum atomic E-state index is 0.0408. The molecule has 9 aromatic carbocycles. The van der Waals surface area contributed by atoms with Crippen LogP contribution in [0.3, 0.4) is 0 Å². The molecule has 72 heavy (non-hydrogen) atoms. The van der Waals surface area contributed by atoms with Crippen molar-refractivity contribution in [1.29, 1.82) is 0 Å². The molecule has 2 heteroatoms. The summed E-state index contributed by atoms with van der Waals surface area (Å²) < 4.78 is 4.90. The quantitative estimate of drug-likeness (QED) is 0.144. The van der Waals surface area contributed by atoms with Crippen molar-refractivity contribution in [1.82, 2.24) is 9.13 Å². The lowest BCUT2D eigenvalue weighted by Crippen LogP contribution is -2.10. The molecule has 11 rings (SSSR count). The number of fused-ring (bicyclic) bond motifs is 6. The van der Waals surface area contributed by atoms with Crippen LogP contribution < -0.4 is 0 Å². The van der Waals surface area contributed by atoms with Crippen LogP contribution in [0.15, 0.2) is 182 Å². The molecule has 358 valence electrons. The molecular weight excluding hydrogens is 869 g/mol. The molecule has 0 aliphatic carbocycles. The summed E-state index contributed by atoms with van der Waals surface area (Å²) in [5, 5.41) is 5.19. The SMILES string of the molecule is Cc1ccc2c(c1)c1cc(C)ccc1n2-c1ccc(-c2cc(-c3ccc(C(C)C)cc3)c(-c3ccc(-n4c5ccc(C(C)(C)C)cc5c5cc(C(C)(C)C)ccc54)cc3)cc2-c2ccc(C(C)C)cc2)cc1. The fourth-order valence-corrected chi connectivity index (χ4v) is 11.0. The molecular formula is C70H68N2. The Balaban J connectivity index is 1.09. The zero-order chi connectivity index (χ0) is 50.4. The van der Waals surface area contributed by atoms with Gasteiger partial charge in [-0.05, 0) is 188 Å². The van der Waals surface area contributed by atoms with E-state index in [1.165, 1.54) is 122 Å². The monoisotopic (exact) mass is 937 g/mol. The molecule has 0 saturated carbocycles. The van der Waals surface area contributed by atoms with E-state index in [0.29, 0.717) is 11.8 Å². The van der Waals surface area contributed by atoms with Crippen molar-refractivity contribution in [2.24, 2.45) is 0 Å². The second-order valence-corrected chi connectivity index (χ2v) is 23.3. The van der Waals surface area contributed by atoms with Crippen molar-refractivity contribution in [2.45, 2.75) is 106 Å². The van der Waals surface area contributed by atoms with E-state index in [-0.39, 0.29) is 10.8 Å². The highest BCUT2D eigenvalue weighted by molar-refractivity contribution is 6.11. The normalized spacial score (nSPS) is 12.4. The van der Waals surface area contributed by atoms with Crippen LogP contribution in [0.25, 0.3) is 99.5 Å². The van der Waals surface area contributed by atoms with Crippen LogP contribution in [-0.4, -0.2) is 9.13 Å². The Hall–Kier alpha value is -7.42. The van der Waals surface area contributed by atoms with Crippen LogP contribution >= 0.6 is 0 Å². The summed E-state index contributed by atoms with van der Waals surface area (Å²) in [6, 6.07) is 70.0. The molecule has 0 saturated heterocycles. The molecule has 0 amide bonds. The van der Waals surface area contributed by atoms with Gasteiger partial charge in [-0.25, -0.2) is 0 Å². The smallest absolute Gasteiger partial charge is 0.0541 e. The number of aryl methyl sites for hydroxylation is 2. The van der Waals surface area contributed by atoms with E-state index >= 15 is 0 Å². The molecule has 0 aliphatic rings. The maximum absolute atomic E-state index is 2.47. The first-order valence-electron chi connectivity index (χ1n) is 26.1. The maximum Gasteiger partial charge on any atom is 0.0541 e. The molecule has 0 bridgehead atoms. The summed E-state index contributed by atoms with van der Waals surface area (Å²) in [4.78, 5) is 0. The molecule has 0 aliphatic heterocycles. The number of benzene rings is 9. The molecule has 0 spiro atoms. The molecule has 2 nitrogen and oxygen atoms in total. The van der Waals surface area contributed by atoms with Crippen LogP contribution in [-0.2, 0) is 10.8 Å². The fraction of sp³-hybridized carbons (Fsp3) is 0.229. The Labute approximate surface area is 427 Å². The highest BCUT2D eigenvalue weighted by Crippen LogP contribution is 2.45. The van der Waals surface area contributed by atoms with E-state index in [2.05, 4.69) is 274 Å². The summed E-state index contributed by atoms with van der Waals surface area (Å²) in [5.41, 5.74) is 24.9. The van der Waals surface area contributed by atoms with E-state index in [0.717, 1.165) is 11.4 Å². The molecule has 0 unspecified atom stereocenters. The summed E-state index contributed by atoms with van der Waals surface area (Å²) in [6.45, 7) is 27.3. The number of hydrogen-bond donors (Lipinski definition) is 0. The predicted molar refractivity (Wildman–Crippen MR) is 312 cm³/mol. The average molecular weight is 937 g/mol. The summed E-state index contributed by atoms with van der Waals surface area (Å²) in [7, 11) is 0. The predicted octanol–water partition coefficient (Wildman–Crippen LogP) is 20.0. The lowest BCUT2D eigenvalue weighted by Gasteiger charge is -2.20. The average Bonchev–Trinajstić information content (AvgIpc) is 3.86. The van der Waals surface area contributed by atoms with Crippen molar-refractivity contribution in [3.05, 3.63) is 215 Å². The first-order valence-corrected chi connectivity index (χ1v) is 26.1. The molecule has 0 radical (unpaired) electrons. The Morgan fingerprint density at radius 1 is 0.306 bits per heavy atom. The van der Waals surface area contributed by atoms with E-state index in [4.69, 9.17) is 0 Å². The van der Waals surface area contributed by atoms with E-state index < -0.39 is 0 Å². The summed E-state index contributed by atoms with van der Waals surface area (Å²) in [5.74, 6) is 0.889. The Morgan fingerprint density at radius 2 is 0.583 bits per heavy atom. The first-order chi connectivity index (χ1) is 34.4. The van der Waals surface area contributed by atoms with Crippen LogP contribution in [0, 0.1) is 13.8 Å². The van der Waals surface area contributed by atoms with Crippen molar-refractivity contribution < 1.29 is 0 Å². The Bertz CT molecular complexity index is 3710. The van der Waals surface area contributed by atoms with Gasteiger partial charge in [-0.15, -0.1) is 0 Å². The van der Waals surface area contributed by atoms with E-state index in [1.54, 1.807) is 0 Å². The van der Waals surface area contributed by atoms with E-state index in [9.17, 15) is 0 Å². The van der Waals surface area contributed by atoms with Crippen LogP contribution in [0.4, 0.5) is 0 Å². The largest absolute Gasteiger partial charge is 0.309 e. The van der Waals surface area contributed by atoms with Gasteiger partial charge in [0, 0.05) is 32.9 Å².